The Morgan fingerprint density at radius 2 is 2.00 bits per heavy atom. The molecule has 0 bridgehead atoms. The monoisotopic (exact) mass is 357 g/mol. The molecule has 0 saturated heterocycles. The molecule has 22 heavy (non-hydrogen) atoms. The van der Waals surface area contributed by atoms with E-state index in [9.17, 15) is 22.0 Å². The first-order chi connectivity index (χ1) is 10.2. The van der Waals surface area contributed by atoms with Crippen molar-refractivity contribution >= 4 is 33.4 Å². The number of halogens is 3. The number of methoxy groups -OCH3 is 1. The van der Waals surface area contributed by atoms with Crippen LogP contribution in [0.2, 0.25) is 5.02 Å². The van der Waals surface area contributed by atoms with Crippen LogP contribution >= 0.6 is 11.6 Å². The molecule has 0 amide bonds. The number of benzene rings is 1. The standard InChI is InChI=1S/C12H14ClF2NO5S/c1-20-10(17)7-16(5-6-21-22(2,18)19)12-9(14)4-3-8(13)11(12)15/h3-4H,5-7H2,1-2H3. The Morgan fingerprint density at radius 3 is 2.55 bits per heavy atom. The summed E-state index contributed by atoms with van der Waals surface area (Å²) >= 11 is 5.60. The number of anilines is 1. The molecule has 0 aliphatic carbocycles. The fraction of sp³-hybridized carbons (Fsp3) is 0.417. The van der Waals surface area contributed by atoms with Gasteiger partial charge < -0.3 is 9.64 Å². The number of rotatable bonds is 7. The lowest BCUT2D eigenvalue weighted by atomic mass is 10.2. The summed E-state index contributed by atoms with van der Waals surface area (Å²) < 4.78 is 58.6. The van der Waals surface area contributed by atoms with Crippen molar-refractivity contribution < 1.29 is 30.9 Å². The van der Waals surface area contributed by atoms with Crippen LogP contribution in [-0.4, -0.2) is 47.4 Å². The van der Waals surface area contributed by atoms with Gasteiger partial charge in [0.25, 0.3) is 10.1 Å². The highest BCUT2D eigenvalue weighted by molar-refractivity contribution is 7.85. The third kappa shape index (κ3) is 5.39. The van der Waals surface area contributed by atoms with Gasteiger partial charge in [-0.05, 0) is 12.1 Å². The number of hydrogen-bond donors (Lipinski definition) is 0. The fourth-order valence-electron chi connectivity index (χ4n) is 1.60. The van der Waals surface area contributed by atoms with E-state index in [1.54, 1.807) is 0 Å². The molecular formula is C12H14ClF2NO5S. The predicted octanol–water partition coefficient (Wildman–Crippen LogP) is 1.57. The van der Waals surface area contributed by atoms with E-state index in [4.69, 9.17) is 11.6 Å². The maximum Gasteiger partial charge on any atom is 0.325 e. The highest BCUT2D eigenvalue weighted by Crippen LogP contribution is 2.28. The smallest absolute Gasteiger partial charge is 0.325 e. The van der Waals surface area contributed by atoms with Crippen LogP contribution < -0.4 is 4.90 Å². The molecule has 0 unspecified atom stereocenters. The molecular weight excluding hydrogens is 344 g/mol. The van der Waals surface area contributed by atoms with Crippen molar-refractivity contribution in [2.24, 2.45) is 0 Å². The van der Waals surface area contributed by atoms with Crippen molar-refractivity contribution in [1.29, 1.82) is 0 Å². The average Bonchev–Trinajstić information content (AvgIpc) is 2.41. The summed E-state index contributed by atoms with van der Waals surface area (Å²) in [5.74, 6) is -2.78. The van der Waals surface area contributed by atoms with Crippen molar-refractivity contribution in [3.63, 3.8) is 0 Å². The van der Waals surface area contributed by atoms with E-state index in [-0.39, 0.29) is 11.6 Å². The molecule has 1 rings (SSSR count). The van der Waals surface area contributed by atoms with Crippen LogP contribution in [0.25, 0.3) is 0 Å². The van der Waals surface area contributed by atoms with Crippen LogP contribution in [0.5, 0.6) is 0 Å². The van der Waals surface area contributed by atoms with E-state index >= 15 is 0 Å². The molecule has 0 radical (unpaired) electrons. The van der Waals surface area contributed by atoms with E-state index < -0.39 is 46.6 Å². The third-order valence-electron chi connectivity index (χ3n) is 2.54. The van der Waals surface area contributed by atoms with Gasteiger partial charge in [-0.2, -0.15) is 8.42 Å². The van der Waals surface area contributed by atoms with Crippen LogP contribution in [0.3, 0.4) is 0 Å². The minimum Gasteiger partial charge on any atom is -0.468 e. The van der Waals surface area contributed by atoms with Crippen molar-refractivity contribution in [3.05, 3.63) is 28.8 Å². The van der Waals surface area contributed by atoms with E-state index in [1.165, 1.54) is 0 Å². The Kier molecular flexibility index (Phi) is 6.51. The van der Waals surface area contributed by atoms with E-state index in [0.29, 0.717) is 0 Å². The highest BCUT2D eigenvalue weighted by Gasteiger charge is 2.22. The minimum absolute atomic E-state index is 0.268. The zero-order chi connectivity index (χ0) is 16.9. The average molecular weight is 358 g/mol. The van der Waals surface area contributed by atoms with Gasteiger partial charge in [-0.25, -0.2) is 8.78 Å². The molecule has 0 saturated carbocycles. The van der Waals surface area contributed by atoms with E-state index in [0.717, 1.165) is 30.4 Å². The molecule has 0 atom stereocenters. The molecule has 0 spiro atoms. The summed E-state index contributed by atoms with van der Waals surface area (Å²) in [4.78, 5) is 12.3. The third-order valence-corrected chi connectivity index (χ3v) is 3.43. The molecule has 0 aromatic heterocycles. The first kappa shape index (κ1) is 18.6. The van der Waals surface area contributed by atoms with Gasteiger partial charge in [0.05, 0.1) is 25.0 Å². The molecule has 1 aromatic rings. The maximum atomic E-state index is 14.0. The van der Waals surface area contributed by atoms with Crippen molar-refractivity contribution in [2.75, 3.05) is 38.0 Å². The second-order valence-electron chi connectivity index (χ2n) is 4.22. The number of carbonyl (C=O) groups is 1. The maximum absolute atomic E-state index is 14.0. The van der Waals surface area contributed by atoms with Gasteiger partial charge in [-0.3, -0.25) is 8.98 Å². The molecule has 0 aliphatic heterocycles. The number of carbonyl (C=O) groups excluding carboxylic acids is 1. The molecule has 10 heteroatoms. The lowest BCUT2D eigenvalue weighted by molar-refractivity contribution is -0.138. The normalized spacial score (nSPS) is 11.3. The lowest BCUT2D eigenvalue weighted by Gasteiger charge is -2.24. The van der Waals surface area contributed by atoms with Crippen molar-refractivity contribution in [2.45, 2.75) is 0 Å². The summed E-state index contributed by atoms with van der Waals surface area (Å²) in [5.41, 5.74) is -0.560. The molecule has 0 N–H and O–H groups in total. The van der Waals surface area contributed by atoms with E-state index in [1.807, 2.05) is 0 Å². The SMILES string of the molecule is COC(=O)CN(CCOS(C)(=O)=O)c1c(F)ccc(Cl)c1F. The number of nitrogens with zero attached hydrogens (tertiary/aromatic N) is 1. The van der Waals surface area contributed by atoms with Gasteiger partial charge in [-0.15, -0.1) is 0 Å². The molecule has 6 nitrogen and oxygen atoms in total. The van der Waals surface area contributed by atoms with Crippen molar-refractivity contribution in [3.8, 4) is 0 Å². The quantitative estimate of drug-likeness (QED) is 0.419. The minimum atomic E-state index is -3.72. The Bertz CT molecular complexity index is 653. The van der Waals surface area contributed by atoms with Crippen molar-refractivity contribution in [1.82, 2.24) is 0 Å². The number of esters is 1. The van der Waals surface area contributed by atoms with Gasteiger partial charge >= 0.3 is 5.97 Å². The van der Waals surface area contributed by atoms with Crippen LogP contribution in [0, 0.1) is 11.6 Å². The number of ether oxygens (including phenoxy) is 1. The second-order valence-corrected chi connectivity index (χ2v) is 6.27. The zero-order valence-electron chi connectivity index (χ0n) is 11.8. The van der Waals surface area contributed by atoms with Crippen LogP contribution in [0.4, 0.5) is 14.5 Å². The Balaban J connectivity index is 3.05. The van der Waals surface area contributed by atoms with Gasteiger partial charge in [0.1, 0.15) is 18.0 Å². The largest absolute Gasteiger partial charge is 0.468 e. The lowest BCUT2D eigenvalue weighted by Crippen LogP contribution is -2.35. The summed E-state index contributed by atoms with van der Waals surface area (Å²) in [6, 6.07) is 1.96. The van der Waals surface area contributed by atoms with Gasteiger partial charge in [0.2, 0.25) is 0 Å². The number of hydrogen-bond acceptors (Lipinski definition) is 6. The molecule has 1 aromatic carbocycles. The highest BCUT2D eigenvalue weighted by atomic mass is 35.5. The first-order valence-electron chi connectivity index (χ1n) is 5.95. The summed E-state index contributed by atoms with van der Waals surface area (Å²) in [6.07, 6.45) is 0.832. The summed E-state index contributed by atoms with van der Waals surface area (Å²) in [7, 11) is -2.61. The fourth-order valence-corrected chi connectivity index (χ4v) is 2.13. The van der Waals surface area contributed by atoms with Crippen LogP contribution in [-0.2, 0) is 23.8 Å². The van der Waals surface area contributed by atoms with E-state index in [2.05, 4.69) is 8.92 Å². The van der Waals surface area contributed by atoms with Crippen LogP contribution in [0.1, 0.15) is 0 Å². The summed E-state index contributed by atoms with van der Waals surface area (Å²) in [5, 5.41) is -0.338. The molecule has 0 aliphatic rings. The molecule has 0 heterocycles. The van der Waals surface area contributed by atoms with Gasteiger partial charge in [0, 0.05) is 6.54 Å². The molecule has 124 valence electrons. The Morgan fingerprint density at radius 1 is 1.36 bits per heavy atom. The van der Waals surface area contributed by atoms with Crippen LogP contribution in [0.15, 0.2) is 12.1 Å². The molecule has 0 fully saturated rings. The zero-order valence-corrected chi connectivity index (χ0v) is 13.4. The topological polar surface area (TPSA) is 72.9 Å². The predicted molar refractivity (Wildman–Crippen MR) is 76.4 cm³/mol. The Labute approximate surface area is 131 Å². The van der Waals surface area contributed by atoms with Gasteiger partial charge in [-0.1, -0.05) is 11.6 Å². The summed E-state index contributed by atoms with van der Waals surface area (Å²) in [6.45, 7) is -1.17. The second kappa shape index (κ2) is 7.70. The van der Waals surface area contributed by atoms with Gasteiger partial charge in [0.15, 0.2) is 5.82 Å². The first-order valence-corrected chi connectivity index (χ1v) is 8.15. The Hall–Kier alpha value is -1.45.